The number of phenolic OH excluding ortho intramolecular Hbond substituents is 1. The van der Waals surface area contributed by atoms with Crippen LogP contribution in [0.25, 0.3) is 11.6 Å². The van der Waals surface area contributed by atoms with Crippen molar-refractivity contribution in [2.45, 2.75) is 0 Å². The maximum Gasteiger partial charge on any atom is 0.338 e. The van der Waals surface area contributed by atoms with E-state index in [1.54, 1.807) is 30.3 Å². The van der Waals surface area contributed by atoms with E-state index in [0.29, 0.717) is 5.57 Å². The smallest absolute Gasteiger partial charge is 0.338 e. The second kappa shape index (κ2) is 5.87. The maximum absolute atomic E-state index is 11.8. The van der Waals surface area contributed by atoms with Gasteiger partial charge in [-0.3, -0.25) is 0 Å². The molecule has 3 nitrogen and oxygen atoms in total. The van der Waals surface area contributed by atoms with Gasteiger partial charge in [0.25, 0.3) is 0 Å². The quantitative estimate of drug-likeness (QED) is 0.520. The van der Waals surface area contributed by atoms with Crippen LogP contribution < -0.4 is 0 Å². The lowest BCUT2D eigenvalue weighted by molar-refractivity contribution is -0.133. The first-order valence-corrected chi connectivity index (χ1v) is 5.85. The van der Waals surface area contributed by atoms with Gasteiger partial charge < -0.3 is 9.84 Å². The van der Waals surface area contributed by atoms with Crippen molar-refractivity contribution in [3.8, 4) is 5.75 Å². The van der Waals surface area contributed by atoms with Crippen LogP contribution in [-0.2, 0) is 9.53 Å². The molecule has 0 atom stereocenters. The van der Waals surface area contributed by atoms with Crippen molar-refractivity contribution in [3.05, 3.63) is 65.7 Å². The maximum atomic E-state index is 11.8. The SMILES string of the molecule is COC(=O)/C(=C/c1ccc(O)cc1)c1ccccc1. The zero-order valence-corrected chi connectivity index (χ0v) is 10.5. The van der Waals surface area contributed by atoms with E-state index in [1.165, 1.54) is 7.11 Å². The lowest BCUT2D eigenvalue weighted by atomic mass is 10.0. The van der Waals surface area contributed by atoms with Crippen molar-refractivity contribution in [2.75, 3.05) is 7.11 Å². The molecule has 0 saturated carbocycles. The van der Waals surface area contributed by atoms with Gasteiger partial charge in [-0.2, -0.15) is 0 Å². The highest BCUT2D eigenvalue weighted by Crippen LogP contribution is 2.20. The van der Waals surface area contributed by atoms with Crippen LogP contribution in [-0.4, -0.2) is 18.2 Å². The first-order valence-electron chi connectivity index (χ1n) is 5.85. The molecular weight excluding hydrogens is 240 g/mol. The molecule has 0 saturated heterocycles. The Morgan fingerprint density at radius 2 is 1.68 bits per heavy atom. The Kier molecular flexibility index (Phi) is 3.98. The Morgan fingerprint density at radius 1 is 1.05 bits per heavy atom. The molecule has 0 aliphatic heterocycles. The van der Waals surface area contributed by atoms with Crippen molar-refractivity contribution in [1.82, 2.24) is 0 Å². The zero-order valence-electron chi connectivity index (χ0n) is 10.5. The fourth-order valence-corrected chi connectivity index (χ4v) is 1.72. The van der Waals surface area contributed by atoms with Gasteiger partial charge in [0.05, 0.1) is 12.7 Å². The van der Waals surface area contributed by atoms with E-state index in [9.17, 15) is 9.90 Å². The normalized spacial score (nSPS) is 11.1. The number of benzene rings is 2. The first-order chi connectivity index (χ1) is 9.20. The zero-order chi connectivity index (χ0) is 13.7. The van der Waals surface area contributed by atoms with Crippen LogP contribution in [0.15, 0.2) is 54.6 Å². The summed E-state index contributed by atoms with van der Waals surface area (Å²) in [5.41, 5.74) is 2.10. The third-order valence-electron chi connectivity index (χ3n) is 2.69. The van der Waals surface area contributed by atoms with Gasteiger partial charge >= 0.3 is 5.97 Å². The van der Waals surface area contributed by atoms with E-state index in [1.807, 2.05) is 30.3 Å². The summed E-state index contributed by atoms with van der Waals surface area (Å²) in [4.78, 5) is 11.8. The van der Waals surface area contributed by atoms with Crippen LogP contribution in [0.3, 0.4) is 0 Å². The number of phenols is 1. The van der Waals surface area contributed by atoms with Gasteiger partial charge in [0, 0.05) is 0 Å². The summed E-state index contributed by atoms with van der Waals surface area (Å²) in [7, 11) is 1.36. The third-order valence-corrected chi connectivity index (χ3v) is 2.69. The third kappa shape index (κ3) is 3.22. The van der Waals surface area contributed by atoms with E-state index in [4.69, 9.17) is 4.74 Å². The Hall–Kier alpha value is -2.55. The van der Waals surface area contributed by atoms with Crippen LogP contribution in [0.5, 0.6) is 5.75 Å². The van der Waals surface area contributed by atoms with Crippen molar-refractivity contribution >= 4 is 17.6 Å². The molecule has 2 aromatic carbocycles. The summed E-state index contributed by atoms with van der Waals surface area (Å²) in [6.07, 6.45) is 1.74. The molecule has 0 radical (unpaired) electrons. The molecule has 0 heterocycles. The van der Waals surface area contributed by atoms with Gasteiger partial charge in [-0.15, -0.1) is 0 Å². The molecule has 0 aliphatic rings. The topological polar surface area (TPSA) is 46.5 Å². The number of carbonyl (C=O) groups is 1. The number of ether oxygens (including phenoxy) is 1. The molecule has 1 N–H and O–H groups in total. The van der Waals surface area contributed by atoms with Gasteiger partial charge in [0.1, 0.15) is 5.75 Å². The van der Waals surface area contributed by atoms with Crippen molar-refractivity contribution in [3.63, 3.8) is 0 Å². The highest BCUT2D eigenvalue weighted by molar-refractivity contribution is 6.21. The number of rotatable bonds is 3. The summed E-state index contributed by atoms with van der Waals surface area (Å²) in [6, 6.07) is 15.9. The van der Waals surface area contributed by atoms with Gasteiger partial charge in [0.15, 0.2) is 0 Å². The number of aromatic hydroxyl groups is 1. The largest absolute Gasteiger partial charge is 0.508 e. The number of hydrogen-bond acceptors (Lipinski definition) is 3. The second-order valence-corrected chi connectivity index (χ2v) is 4.01. The minimum atomic E-state index is -0.390. The van der Waals surface area contributed by atoms with Crippen LogP contribution in [0, 0.1) is 0 Å². The Labute approximate surface area is 111 Å². The number of carbonyl (C=O) groups excluding carboxylic acids is 1. The predicted octanol–water partition coefficient (Wildman–Crippen LogP) is 3.11. The van der Waals surface area contributed by atoms with Crippen LogP contribution in [0.1, 0.15) is 11.1 Å². The summed E-state index contributed by atoms with van der Waals surface area (Å²) in [5, 5.41) is 9.25. The molecule has 96 valence electrons. The van der Waals surface area contributed by atoms with E-state index in [0.717, 1.165) is 11.1 Å². The minimum Gasteiger partial charge on any atom is -0.508 e. The molecular formula is C16H14O3. The number of esters is 1. The average Bonchev–Trinajstić information content (AvgIpc) is 2.47. The van der Waals surface area contributed by atoms with Crippen molar-refractivity contribution in [2.24, 2.45) is 0 Å². The van der Waals surface area contributed by atoms with Crippen molar-refractivity contribution < 1.29 is 14.6 Å². The van der Waals surface area contributed by atoms with Crippen LogP contribution in [0.4, 0.5) is 0 Å². The summed E-state index contributed by atoms with van der Waals surface area (Å²) in [5.74, 6) is -0.198. The summed E-state index contributed by atoms with van der Waals surface area (Å²) >= 11 is 0. The molecule has 2 aromatic rings. The van der Waals surface area contributed by atoms with E-state index >= 15 is 0 Å². The molecule has 0 unspecified atom stereocenters. The fourth-order valence-electron chi connectivity index (χ4n) is 1.72. The molecule has 2 rings (SSSR count). The highest BCUT2D eigenvalue weighted by atomic mass is 16.5. The van der Waals surface area contributed by atoms with Crippen molar-refractivity contribution in [1.29, 1.82) is 0 Å². The fraction of sp³-hybridized carbons (Fsp3) is 0.0625. The molecule has 0 aromatic heterocycles. The lowest BCUT2D eigenvalue weighted by Crippen LogP contribution is -2.03. The van der Waals surface area contributed by atoms with Gasteiger partial charge in [-0.1, -0.05) is 42.5 Å². The van der Waals surface area contributed by atoms with Gasteiger partial charge in [-0.05, 0) is 29.3 Å². The predicted molar refractivity (Wildman–Crippen MR) is 74.4 cm³/mol. The lowest BCUT2D eigenvalue weighted by Gasteiger charge is -2.06. The molecule has 0 spiro atoms. The molecule has 19 heavy (non-hydrogen) atoms. The number of methoxy groups -OCH3 is 1. The molecule has 0 aliphatic carbocycles. The first kappa shape index (κ1) is 12.9. The van der Waals surface area contributed by atoms with E-state index in [2.05, 4.69) is 0 Å². The Balaban J connectivity index is 2.44. The monoisotopic (exact) mass is 254 g/mol. The van der Waals surface area contributed by atoms with Crippen LogP contribution in [0.2, 0.25) is 0 Å². The average molecular weight is 254 g/mol. The molecule has 0 amide bonds. The number of hydrogen-bond donors (Lipinski definition) is 1. The van der Waals surface area contributed by atoms with Crippen LogP contribution >= 0.6 is 0 Å². The Morgan fingerprint density at radius 3 is 2.26 bits per heavy atom. The van der Waals surface area contributed by atoms with Gasteiger partial charge in [-0.25, -0.2) is 4.79 Å². The molecule has 0 bridgehead atoms. The van der Waals surface area contributed by atoms with E-state index in [-0.39, 0.29) is 11.7 Å². The summed E-state index contributed by atoms with van der Waals surface area (Å²) in [6.45, 7) is 0. The summed E-state index contributed by atoms with van der Waals surface area (Å²) < 4.78 is 4.81. The second-order valence-electron chi connectivity index (χ2n) is 4.01. The minimum absolute atomic E-state index is 0.191. The standard InChI is InChI=1S/C16H14O3/c1-19-16(18)15(13-5-3-2-4-6-13)11-12-7-9-14(17)10-8-12/h2-11,17H,1H3/b15-11+. The molecule has 3 heteroatoms. The molecule has 0 fully saturated rings. The highest BCUT2D eigenvalue weighted by Gasteiger charge is 2.11. The Bertz CT molecular complexity index is 583. The van der Waals surface area contributed by atoms with Gasteiger partial charge in [0.2, 0.25) is 0 Å². The van der Waals surface area contributed by atoms with E-state index < -0.39 is 0 Å².